The molecule has 1 amide bonds. The summed E-state index contributed by atoms with van der Waals surface area (Å²) in [6, 6.07) is 15.2. The molecule has 0 radical (unpaired) electrons. The molecule has 0 atom stereocenters. The molecule has 34 heavy (non-hydrogen) atoms. The van der Waals surface area contributed by atoms with E-state index in [1.54, 1.807) is 10.7 Å². The summed E-state index contributed by atoms with van der Waals surface area (Å²) < 4.78 is 29.2. The number of carbonyl (C=O) groups excluding carboxylic acids is 1. The number of amides is 1. The van der Waals surface area contributed by atoms with Crippen LogP contribution in [0.15, 0.2) is 57.8 Å². The Morgan fingerprint density at radius 2 is 1.76 bits per heavy atom. The third-order valence-electron chi connectivity index (χ3n) is 6.02. The van der Waals surface area contributed by atoms with Gasteiger partial charge >= 0.3 is 0 Å². The van der Waals surface area contributed by atoms with Crippen LogP contribution in [0.3, 0.4) is 0 Å². The van der Waals surface area contributed by atoms with Crippen LogP contribution in [0.4, 0.5) is 11.6 Å². The van der Waals surface area contributed by atoms with Gasteiger partial charge in [-0.25, -0.2) is 8.42 Å². The average molecular weight is 497 g/mol. The minimum Gasteiger partial charge on any atom is -0.336 e. The summed E-state index contributed by atoms with van der Waals surface area (Å²) in [4.78, 5) is 19.9. The van der Waals surface area contributed by atoms with Crippen molar-refractivity contribution >= 4 is 44.5 Å². The molecule has 4 heterocycles. The normalized spacial score (nSPS) is 18.9. The largest absolute Gasteiger partial charge is 0.336 e. The van der Waals surface area contributed by atoms with Gasteiger partial charge in [-0.15, -0.1) is 4.40 Å². The maximum absolute atomic E-state index is 13.2. The van der Waals surface area contributed by atoms with Crippen LogP contribution in [0.2, 0.25) is 0 Å². The predicted molar refractivity (Wildman–Crippen MR) is 128 cm³/mol. The van der Waals surface area contributed by atoms with Gasteiger partial charge in [-0.2, -0.15) is 4.68 Å². The van der Waals surface area contributed by atoms with Crippen molar-refractivity contribution in [3.05, 3.63) is 54.1 Å². The lowest BCUT2D eigenvalue weighted by molar-refractivity contribution is 0.0746. The van der Waals surface area contributed by atoms with Gasteiger partial charge in [0.05, 0.1) is 17.1 Å². The molecule has 0 unspecified atom stereocenters. The molecule has 2 aromatic carbocycles. The number of para-hydroxylation sites is 1. The zero-order chi connectivity index (χ0) is 23.3. The molecule has 0 bridgehead atoms. The fourth-order valence-electron chi connectivity index (χ4n) is 4.27. The average Bonchev–Trinajstić information content (AvgIpc) is 3.47. The number of tetrazole rings is 1. The van der Waals surface area contributed by atoms with Gasteiger partial charge in [-0.1, -0.05) is 23.3 Å². The third-order valence-corrected chi connectivity index (χ3v) is 8.33. The quantitative estimate of drug-likeness (QED) is 0.528. The van der Waals surface area contributed by atoms with Crippen LogP contribution >= 0.6 is 11.8 Å². The van der Waals surface area contributed by atoms with E-state index in [1.165, 1.54) is 11.8 Å². The van der Waals surface area contributed by atoms with E-state index in [4.69, 9.17) is 0 Å². The number of anilines is 2. The van der Waals surface area contributed by atoms with E-state index in [0.717, 1.165) is 16.3 Å². The van der Waals surface area contributed by atoms with Crippen molar-refractivity contribution in [3.63, 3.8) is 0 Å². The van der Waals surface area contributed by atoms with Crippen LogP contribution in [0.25, 0.3) is 5.69 Å². The Hall–Kier alpha value is -3.45. The molecule has 174 valence electrons. The van der Waals surface area contributed by atoms with Gasteiger partial charge in [-0.3, -0.25) is 4.79 Å². The number of nitrogens with zero attached hydrogens (tertiary/aromatic N) is 8. The number of aromatic nitrogens is 4. The van der Waals surface area contributed by atoms with Crippen molar-refractivity contribution in [2.24, 2.45) is 4.40 Å². The smallest absolute Gasteiger partial charge is 0.257 e. The molecule has 0 N–H and O–H groups in total. The highest BCUT2D eigenvalue weighted by atomic mass is 32.2. The molecular weight excluding hydrogens is 476 g/mol. The van der Waals surface area contributed by atoms with Gasteiger partial charge < -0.3 is 14.7 Å². The molecule has 3 aliphatic rings. The van der Waals surface area contributed by atoms with Gasteiger partial charge in [0.2, 0.25) is 5.95 Å². The number of sulfonamides is 1. The molecular formula is C21H20N8O3S2. The lowest BCUT2D eigenvalue weighted by Gasteiger charge is -2.34. The minimum absolute atomic E-state index is 0.00495. The topological polar surface area (TPSA) is 117 Å². The molecule has 1 fully saturated rings. The first-order chi connectivity index (χ1) is 16.5. The Bertz CT molecular complexity index is 1400. The highest BCUT2D eigenvalue weighted by Gasteiger charge is 2.34. The molecule has 1 aromatic heterocycles. The summed E-state index contributed by atoms with van der Waals surface area (Å²) in [5.74, 6) is 0.597. The second kappa shape index (κ2) is 8.09. The molecule has 1 saturated heterocycles. The van der Waals surface area contributed by atoms with Crippen LogP contribution in [0, 0.1) is 0 Å². The molecule has 6 rings (SSSR count). The third kappa shape index (κ3) is 3.70. The first kappa shape index (κ1) is 21.1. The summed E-state index contributed by atoms with van der Waals surface area (Å²) in [5, 5.41) is 12.6. The summed E-state index contributed by atoms with van der Waals surface area (Å²) in [6.45, 7) is 2.69. The van der Waals surface area contributed by atoms with Crippen molar-refractivity contribution in [2.45, 2.75) is 4.90 Å². The number of benzene rings is 2. The summed E-state index contributed by atoms with van der Waals surface area (Å²) in [5.41, 5.74) is 2.36. The Kier molecular flexibility index (Phi) is 5.03. The lowest BCUT2D eigenvalue weighted by Crippen LogP contribution is -2.49. The minimum atomic E-state index is -3.41. The standard InChI is InChI=1S/C21H20N8O3S2/c30-19(15-6-7-17-18(14-15)33-21-23-34(31,32)13-12-28(17)21)26-8-10-27(11-9-26)20-22-24-25-29(20)16-4-2-1-3-5-16/h1-7,14H,8-13H2. The summed E-state index contributed by atoms with van der Waals surface area (Å²) >= 11 is 1.29. The van der Waals surface area contributed by atoms with Crippen LogP contribution in [-0.2, 0) is 10.0 Å². The van der Waals surface area contributed by atoms with E-state index in [0.29, 0.717) is 49.4 Å². The van der Waals surface area contributed by atoms with E-state index >= 15 is 0 Å². The number of carbonyl (C=O) groups is 1. The fraction of sp³-hybridized carbons (Fsp3) is 0.286. The van der Waals surface area contributed by atoms with Gasteiger partial charge in [-0.05, 0) is 52.5 Å². The molecule has 0 aliphatic carbocycles. The number of thioether (sulfide) groups is 1. The highest BCUT2D eigenvalue weighted by Crippen LogP contribution is 2.42. The van der Waals surface area contributed by atoms with Crippen molar-refractivity contribution in [1.82, 2.24) is 25.1 Å². The van der Waals surface area contributed by atoms with E-state index < -0.39 is 10.0 Å². The van der Waals surface area contributed by atoms with Gasteiger partial charge in [0.25, 0.3) is 15.9 Å². The maximum atomic E-state index is 13.2. The number of hydrogen-bond acceptors (Lipinski definition) is 9. The number of rotatable bonds is 3. The molecule has 13 heteroatoms. The van der Waals surface area contributed by atoms with Crippen molar-refractivity contribution in [3.8, 4) is 5.69 Å². The van der Waals surface area contributed by atoms with Crippen molar-refractivity contribution < 1.29 is 13.2 Å². The van der Waals surface area contributed by atoms with Crippen LogP contribution in [0.1, 0.15) is 10.4 Å². The molecule has 0 saturated carbocycles. The zero-order valence-corrected chi connectivity index (χ0v) is 19.6. The van der Waals surface area contributed by atoms with Gasteiger partial charge in [0.15, 0.2) is 5.17 Å². The van der Waals surface area contributed by atoms with Crippen molar-refractivity contribution in [1.29, 1.82) is 0 Å². The first-order valence-corrected chi connectivity index (χ1v) is 13.2. The second-order valence-electron chi connectivity index (χ2n) is 8.10. The number of fused-ring (bicyclic) bond motifs is 3. The highest BCUT2D eigenvalue weighted by molar-refractivity contribution is 8.15. The van der Waals surface area contributed by atoms with E-state index in [9.17, 15) is 13.2 Å². The van der Waals surface area contributed by atoms with Crippen LogP contribution in [0.5, 0.6) is 0 Å². The molecule has 11 nitrogen and oxygen atoms in total. The van der Waals surface area contributed by atoms with Gasteiger partial charge in [0, 0.05) is 43.2 Å². The lowest BCUT2D eigenvalue weighted by atomic mass is 10.1. The molecule has 3 aromatic rings. The monoisotopic (exact) mass is 496 g/mol. The van der Waals surface area contributed by atoms with Crippen LogP contribution in [-0.4, -0.2) is 83.1 Å². The maximum Gasteiger partial charge on any atom is 0.257 e. The number of amidine groups is 1. The SMILES string of the molecule is O=C(c1ccc2c(c1)SC1=NS(=O)(=O)CCN12)N1CCN(c2nnnn2-c2ccccc2)CC1. The first-order valence-electron chi connectivity index (χ1n) is 10.8. The van der Waals surface area contributed by atoms with Gasteiger partial charge in [0.1, 0.15) is 0 Å². The fourth-order valence-corrected chi connectivity index (χ4v) is 6.57. The van der Waals surface area contributed by atoms with E-state index in [2.05, 4.69) is 24.8 Å². The summed E-state index contributed by atoms with van der Waals surface area (Å²) in [7, 11) is -3.41. The Labute approximate surface area is 200 Å². The van der Waals surface area contributed by atoms with E-state index in [1.807, 2.05) is 52.3 Å². The molecule has 0 spiro atoms. The Balaban J connectivity index is 1.16. The van der Waals surface area contributed by atoms with E-state index in [-0.39, 0.29) is 11.7 Å². The molecule has 3 aliphatic heterocycles. The van der Waals surface area contributed by atoms with Crippen molar-refractivity contribution in [2.75, 3.05) is 48.3 Å². The predicted octanol–water partition coefficient (Wildman–Crippen LogP) is 1.24. The summed E-state index contributed by atoms with van der Waals surface area (Å²) in [6.07, 6.45) is 0. The van der Waals surface area contributed by atoms with Crippen LogP contribution < -0.4 is 9.80 Å². The number of hydrogen-bond donors (Lipinski definition) is 0. The zero-order valence-electron chi connectivity index (χ0n) is 18.0. The number of piperazine rings is 1. The Morgan fingerprint density at radius 1 is 0.971 bits per heavy atom. The Morgan fingerprint density at radius 3 is 2.56 bits per heavy atom. The second-order valence-corrected chi connectivity index (χ2v) is 10.9.